The topological polar surface area (TPSA) is 66.5 Å². The van der Waals surface area contributed by atoms with Crippen molar-refractivity contribution in [2.45, 2.75) is 77.6 Å². The van der Waals surface area contributed by atoms with E-state index in [9.17, 15) is 18.8 Å². The van der Waals surface area contributed by atoms with E-state index in [4.69, 9.17) is 11.6 Å². The summed E-state index contributed by atoms with van der Waals surface area (Å²) in [5, 5.41) is 2.73. The highest BCUT2D eigenvalue weighted by Gasteiger charge is 2.41. The van der Waals surface area contributed by atoms with E-state index in [1.807, 2.05) is 0 Å². The number of rotatable bonds is 9. The average molecular weight is 435 g/mol. The molecule has 0 saturated heterocycles. The van der Waals surface area contributed by atoms with Crippen LogP contribution in [0.5, 0.6) is 0 Å². The molecule has 0 atom stereocenters. The molecule has 1 aromatic carbocycles. The second-order valence-corrected chi connectivity index (χ2v) is 8.37. The third kappa shape index (κ3) is 4.91. The van der Waals surface area contributed by atoms with E-state index in [0.29, 0.717) is 30.4 Å². The number of benzene rings is 1. The van der Waals surface area contributed by atoms with Gasteiger partial charge in [0.25, 0.3) is 11.8 Å². The highest BCUT2D eigenvalue weighted by molar-refractivity contribution is 6.35. The zero-order chi connectivity index (χ0) is 21.7. The highest BCUT2D eigenvalue weighted by Crippen LogP contribution is 2.38. The van der Waals surface area contributed by atoms with Crippen molar-refractivity contribution in [3.05, 3.63) is 34.1 Å². The minimum absolute atomic E-state index is 0.0318. The number of halogens is 2. The van der Waals surface area contributed by atoms with E-state index >= 15 is 0 Å². The molecule has 1 N–H and O–H groups in total. The van der Waals surface area contributed by atoms with Crippen molar-refractivity contribution < 1.29 is 18.8 Å². The maximum absolute atomic E-state index is 14.6. The van der Waals surface area contributed by atoms with Crippen molar-refractivity contribution in [2.75, 3.05) is 10.2 Å². The monoisotopic (exact) mass is 434 g/mol. The largest absolute Gasteiger partial charge is 0.325 e. The van der Waals surface area contributed by atoms with Gasteiger partial charge in [0.05, 0.1) is 16.4 Å². The van der Waals surface area contributed by atoms with Crippen LogP contribution in [0.15, 0.2) is 23.3 Å². The van der Waals surface area contributed by atoms with Gasteiger partial charge in [-0.2, -0.15) is 0 Å². The molecule has 0 fully saturated rings. The Morgan fingerprint density at radius 1 is 1.03 bits per heavy atom. The molecule has 2 aliphatic rings. The molecule has 1 heterocycles. The fourth-order valence-electron chi connectivity index (χ4n) is 4.04. The van der Waals surface area contributed by atoms with Crippen molar-refractivity contribution in [3.63, 3.8) is 0 Å². The molecule has 1 aliphatic carbocycles. The Hall–Kier alpha value is -2.21. The van der Waals surface area contributed by atoms with E-state index in [-0.39, 0.29) is 22.3 Å². The van der Waals surface area contributed by atoms with E-state index in [0.717, 1.165) is 43.1 Å². The van der Waals surface area contributed by atoms with Crippen LogP contribution in [0.25, 0.3) is 0 Å². The Kier molecular flexibility index (Phi) is 7.64. The van der Waals surface area contributed by atoms with Crippen LogP contribution in [0.1, 0.15) is 77.6 Å². The fourth-order valence-corrected chi connectivity index (χ4v) is 4.24. The second kappa shape index (κ2) is 10.2. The van der Waals surface area contributed by atoms with Crippen LogP contribution >= 0.6 is 11.6 Å². The number of hydrogen-bond acceptors (Lipinski definition) is 3. The number of imide groups is 1. The molecule has 3 amide bonds. The highest BCUT2D eigenvalue weighted by atomic mass is 35.5. The lowest BCUT2D eigenvalue weighted by Crippen LogP contribution is -2.32. The number of nitrogens with one attached hydrogen (secondary N) is 1. The lowest BCUT2D eigenvalue weighted by molar-refractivity contribution is -0.121. The van der Waals surface area contributed by atoms with Gasteiger partial charge in [0.2, 0.25) is 5.91 Å². The van der Waals surface area contributed by atoms with E-state index < -0.39 is 17.6 Å². The van der Waals surface area contributed by atoms with Gasteiger partial charge in [0, 0.05) is 17.6 Å². The summed E-state index contributed by atoms with van der Waals surface area (Å²) in [5.74, 6) is -1.93. The van der Waals surface area contributed by atoms with Gasteiger partial charge in [0.1, 0.15) is 5.82 Å². The molecule has 162 valence electrons. The van der Waals surface area contributed by atoms with Gasteiger partial charge >= 0.3 is 0 Å². The summed E-state index contributed by atoms with van der Waals surface area (Å²) in [6.45, 7) is 2.16. The summed E-state index contributed by atoms with van der Waals surface area (Å²) in [5.41, 5.74) is 0.997. The minimum atomic E-state index is -0.768. The van der Waals surface area contributed by atoms with Gasteiger partial charge in [-0.1, -0.05) is 50.6 Å². The Morgan fingerprint density at radius 2 is 1.63 bits per heavy atom. The first kappa shape index (κ1) is 22.5. The van der Waals surface area contributed by atoms with Crippen LogP contribution in [-0.4, -0.2) is 17.7 Å². The summed E-state index contributed by atoms with van der Waals surface area (Å²) in [7, 11) is 0. The number of hydrogen-bond donors (Lipinski definition) is 1. The first-order valence-electron chi connectivity index (χ1n) is 10.8. The number of unbranched alkanes of at least 4 members (excludes halogenated alkanes) is 5. The van der Waals surface area contributed by atoms with Gasteiger partial charge in [-0.15, -0.1) is 0 Å². The number of nitrogens with zero attached hydrogens (tertiary/aromatic N) is 1. The van der Waals surface area contributed by atoms with Crippen molar-refractivity contribution >= 4 is 40.7 Å². The zero-order valence-electron chi connectivity index (χ0n) is 17.4. The summed E-state index contributed by atoms with van der Waals surface area (Å²) < 4.78 is 14.6. The molecule has 3 rings (SSSR count). The molecule has 0 unspecified atom stereocenters. The number of carbonyl (C=O) groups is 3. The standard InChI is InChI=1S/C23H28ClFN2O3/c1-2-3-4-5-6-7-12-21(28)26-19-14-20(18(25)13-17(19)24)27-22(29)15-10-8-9-11-16(15)23(27)30/h13-14H,2-12H2,1H3,(H,26,28). The summed E-state index contributed by atoms with van der Waals surface area (Å²) in [4.78, 5) is 38.6. The van der Waals surface area contributed by atoms with Crippen LogP contribution in [0.2, 0.25) is 5.02 Å². The van der Waals surface area contributed by atoms with Crippen LogP contribution in [0, 0.1) is 5.82 Å². The average Bonchev–Trinajstić information content (AvgIpc) is 2.97. The van der Waals surface area contributed by atoms with Crippen LogP contribution < -0.4 is 10.2 Å². The third-order valence-corrected chi connectivity index (χ3v) is 6.01. The SMILES string of the molecule is CCCCCCCCC(=O)Nc1cc(N2C(=O)C3=C(CCCC3)C2=O)c(F)cc1Cl. The Morgan fingerprint density at radius 3 is 2.27 bits per heavy atom. The molecule has 30 heavy (non-hydrogen) atoms. The van der Waals surface area contributed by atoms with Crippen molar-refractivity contribution in [1.29, 1.82) is 0 Å². The van der Waals surface area contributed by atoms with Crippen molar-refractivity contribution in [1.82, 2.24) is 0 Å². The lowest BCUT2D eigenvalue weighted by Gasteiger charge is -2.18. The molecule has 5 nitrogen and oxygen atoms in total. The third-order valence-electron chi connectivity index (χ3n) is 5.70. The van der Waals surface area contributed by atoms with Gasteiger partial charge in [-0.25, -0.2) is 9.29 Å². The van der Waals surface area contributed by atoms with Crippen LogP contribution in [0.4, 0.5) is 15.8 Å². The maximum atomic E-state index is 14.6. The molecule has 7 heteroatoms. The van der Waals surface area contributed by atoms with Gasteiger partial charge in [0.15, 0.2) is 0 Å². The van der Waals surface area contributed by atoms with Gasteiger partial charge in [-0.05, 0) is 44.2 Å². The van der Waals surface area contributed by atoms with E-state index in [1.165, 1.54) is 25.3 Å². The van der Waals surface area contributed by atoms with Crippen LogP contribution in [-0.2, 0) is 14.4 Å². The lowest BCUT2D eigenvalue weighted by atomic mass is 9.93. The first-order valence-corrected chi connectivity index (χ1v) is 11.2. The van der Waals surface area contributed by atoms with E-state index in [2.05, 4.69) is 12.2 Å². The van der Waals surface area contributed by atoms with E-state index in [1.54, 1.807) is 0 Å². The molecule has 0 radical (unpaired) electrons. The number of carbonyl (C=O) groups excluding carboxylic acids is 3. The second-order valence-electron chi connectivity index (χ2n) is 7.96. The minimum Gasteiger partial charge on any atom is -0.325 e. The summed E-state index contributed by atoms with van der Waals surface area (Å²) in [6, 6.07) is 2.32. The number of anilines is 2. The van der Waals surface area contributed by atoms with Gasteiger partial charge < -0.3 is 5.32 Å². The molecule has 1 aromatic rings. The molecule has 1 aliphatic heterocycles. The Labute approximate surface area is 181 Å². The normalized spacial score (nSPS) is 16.3. The molecular formula is C23H28ClFN2O3. The molecule has 0 bridgehead atoms. The predicted octanol–water partition coefficient (Wildman–Crippen LogP) is 5.91. The summed E-state index contributed by atoms with van der Waals surface area (Å²) in [6.07, 6.45) is 9.47. The van der Waals surface area contributed by atoms with Crippen LogP contribution in [0.3, 0.4) is 0 Å². The molecule has 0 spiro atoms. The van der Waals surface area contributed by atoms with Gasteiger partial charge in [-0.3, -0.25) is 14.4 Å². The molecular weight excluding hydrogens is 407 g/mol. The van der Waals surface area contributed by atoms with Crippen molar-refractivity contribution in [2.24, 2.45) is 0 Å². The molecule has 0 aromatic heterocycles. The summed E-state index contributed by atoms with van der Waals surface area (Å²) >= 11 is 6.11. The first-order chi connectivity index (χ1) is 14.4. The van der Waals surface area contributed by atoms with Crippen molar-refractivity contribution in [3.8, 4) is 0 Å². The molecule has 0 saturated carbocycles. The smallest absolute Gasteiger partial charge is 0.261 e. The number of amides is 3. The predicted molar refractivity (Wildman–Crippen MR) is 116 cm³/mol. The zero-order valence-corrected chi connectivity index (χ0v) is 18.1. The fraction of sp³-hybridized carbons (Fsp3) is 0.522. The Balaban J connectivity index is 1.68. The maximum Gasteiger partial charge on any atom is 0.261 e. The Bertz CT molecular complexity index is 853. The quantitative estimate of drug-likeness (QED) is 0.388.